The average Bonchev–Trinajstić information content (AvgIpc) is 2.25. The third-order valence-electron chi connectivity index (χ3n) is 2.65. The molecule has 0 aliphatic rings. The number of rotatable bonds is 9. The zero-order valence-corrected chi connectivity index (χ0v) is 10.6. The molecule has 1 N–H and O–H groups in total. The molecule has 0 heterocycles. The van der Waals surface area contributed by atoms with Crippen molar-refractivity contribution in [2.75, 3.05) is 26.2 Å². The highest BCUT2D eigenvalue weighted by molar-refractivity contribution is 4.90. The van der Waals surface area contributed by atoms with Gasteiger partial charge in [0, 0.05) is 12.6 Å². The minimum Gasteiger partial charge on any atom is -0.315 e. The molecule has 2 nitrogen and oxygen atoms in total. The lowest BCUT2D eigenvalue weighted by Gasteiger charge is -2.29. The third kappa shape index (κ3) is 6.54. The predicted octanol–water partition coefficient (Wildman–Crippen LogP) is 2.11. The molecule has 0 aliphatic carbocycles. The van der Waals surface area contributed by atoms with Crippen molar-refractivity contribution in [1.29, 1.82) is 0 Å². The summed E-state index contributed by atoms with van der Waals surface area (Å²) in [4.78, 5) is 2.38. The molecule has 1 unspecified atom stereocenters. The summed E-state index contributed by atoms with van der Waals surface area (Å²) >= 11 is 0. The summed E-state index contributed by atoms with van der Waals surface area (Å²) in [5, 5.41) is 3.48. The zero-order valence-electron chi connectivity index (χ0n) is 10.6. The van der Waals surface area contributed by atoms with Gasteiger partial charge in [0.2, 0.25) is 0 Å². The van der Waals surface area contributed by atoms with Crippen molar-refractivity contribution in [2.45, 2.75) is 46.1 Å². The SMILES string of the molecule is C#CCN(CC)C(CCC)CNCCC. The number of nitrogens with zero attached hydrogens (tertiary/aromatic N) is 1. The Hall–Kier alpha value is -0.520. The molecule has 0 saturated heterocycles. The van der Waals surface area contributed by atoms with E-state index in [2.05, 4.69) is 36.9 Å². The molecule has 0 radical (unpaired) electrons. The van der Waals surface area contributed by atoms with E-state index in [1.165, 1.54) is 19.3 Å². The van der Waals surface area contributed by atoms with Crippen molar-refractivity contribution in [3.8, 4) is 12.3 Å². The van der Waals surface area contributed by atoms with Crippen molar-refractivity contribution >= 4 is 0 Å². The lowest BCUT2D eigenvalue weighted by Crippen LogP contribution is -2.42. The molecular formula is C13H26N2. The van der Waals surface area contributed by atoms with Crippen LogP contribution in [0.25, 0.3) is 0 Å². The van der Waals surface area contributed by atoms with Gasteiger partial charge in [0.15, 0.2) is 0 Å². The highest BCUT2D eigenvalue weighted by Crippen LogP contribution is 2.05. The number of nitrogens with one attached hydrogen (secondary N) is 1. The molecule has 0 aromatic carbocycles. The smallest absolute Gasteiger partial charge is 0.0601 e. The fourth-order valence-electron chi connectivity index (χ4n) is 1.81. The molecule has 0 aromatic rings. The van der Waals surface area contributed by atoms with Crippen LogP contribution in [0, 0.1) is 12.3 Å². The molecular weight excluding hydrogens is 184 g/mol. The van der Waals surface area contributed by atoms with E-state index < -0.39 is 0 Å². The maximum absolute atomic E-state index is 5.38. The van der Waals surface area contributed by atoms with Crippen LogP contribution in [0.4, 0.5) is 0 Å². The number of likely N-dealkylation sites (N-methyl/N-ethyl adjacent to an activating group) is 1. The van der Waals surface area contributed by atoms with Crippen molar-refractivity contribution in [1.82, 2.24) is 10.2 Å². The highest BCUT2D eigenvalue weighted by Gasteiger charge is 2.14. The monoisotopic (exact) mass is 210 g/mol. The predicted molar refractivity (Wildman–Crippen MR) is 67.9 cm³/mol. The maximum atomic E-state index is 5.38. The van der Waals surface area contributed by atoms with E-state index in [0.717, 1.165) is 26.2 Å². The van der Waals surface area contributed by atoms with Gasteiger partial charge in [-0.2, -0.15) is 0 Å². The lowest BCUT2D eigenvalue weighted by atomic mass is 10.1. The topological polar surface area (TPSA) is 15.3 Å². The van der Waals surface area contributed by atoms with E-state index in [1.54, 1.807) is 0 Å². The summed E-state index contributed by atoms with van der Waals surface area (Å²) in [5.41, 5.74) is 0. The van der Waals surface area contributed by atoms with Crippen LogP contribution in [0.5, 0.6) is 0 Å². The molecule has 0 aliphatic heterocycles. The third-order valence-corrected chi connectivity index (χ3v) is 2.65. The Kier molecular flexibility index (Phi) is 9.67. The van der Waals surface area contributed by atoms with Crippen LogP contribution in [0.1, 0.15) is 40.0 Å². The van der Waals surface area contributed by atoms with Crippen LogP contribution in [0.3, 0.4) is 0 Å². The Labute approximate surface area is 95.4 Å². The second-order valence-corrected chi connectivity index (χ2v) is 3.91. The number of terminal acetylenes is 1. The Morgan fingerprint density at radius 2 is 2.00 bits per heavy atom. The van der Waals surface area contributed by atoms with Crippen LogP contribution in [-0.2, 0) is 0 Å². The first-order chi connectivity index (χ1) is 7.29. The van der Waals surface area contributed by atoms with E-state index in [9.17, 15) is 0 Å². The summed E-state index contributed by atoms with van der Waals surface area (Å²) in [5.74, 6) is 2.75. The van der Waals surface area contributed by atoms with Gasteiger partial charge in [-0.25, -0.2) is 0 Å². The van der Waals surface area contributed by atoms with Crippen LogP contribution in [0.15, 0.2) is 0 Å². The molecule has 88 valence electrons. The Balaban J connectivity index is 4.03. The van der Waals surface area contributed by atoms with E-state index in [0.29, 0.717) is 6.04 Å². The van der Waals surface area contributed by atoms with Gasteiger partial charge in [-0.1, -0.05) is 33.1 Å². The first-order valence-corrected chi connectivity index (χ1v) is 6.18. The quantitative estimate of drug-likeness (QED) is 0.463. The first kappa shape index (κ1) is 14.5. The maximum Gasteiger partial charge on any atom is 0.0601 e. The van der Waals surface area contributed by atoms with Gasteiger partial charge in [0.1, 0.15) is 0 Å². The summed E-state index contributed by atoms with van der Waals surface area (Å²) in [6.45, 7) is 10.6. The van der Waals surface area contributed by atoms with Crippen LogP contribution in [0.2, 0.25) is 0 Å². The molecule has 0 amide bonds. The summed E-state index contributed by atoms with van der Waals surface area (Å²) in [6, 6.07) is 0.600. The van der Waals surface area contributed by atoms with Crippen molar-refractivity contribution in [3.05, 3.63) is 0 Å². The second kappa shape index (κ2) is 10.0. The highest BCUT2D eigenvalue weighted by atomic mass is 15.2. The Morgan fingerprint density at radius 3 is 2.47 bits per heavy atom. The molecule has 0 aromatic heterocycles. The molecule has 0 spiro atoms. The fourth-order valence-corrected chi connectivity index (χ4v) is 1.81. The molecule has 0 saturated carbocycles. The van der Waals surface area contributed by atoms with Gasteiger partial charge in [0.05, 0.1) is 6.54 Å². The zero-order chi connectivity index (χ0) is 11.5. The van der Waals surface area contributed by atoms with Crippen LogP contribution >= 0.6 is 0 Å². The minimum absolute atomic E-state index is 0.600. The normalized spacial score (nSPS) is 12.7. The minimum atomic E-state index is 0.600. The molecule has 0 bridgehead atoms. The van der Waals surface area contributed by atoms with Gasteiger partial charge in [-0.3, -0.25) is 4.90 Å². The van der Waals surface area contributed by atoms with Gasteiger partial charge in [-0.05, 0) is 25.9 Å². The van der Waals surface area contributed by atoms with Crippen molar-refractivity contribution < 1.29 is 0 Å². The molecule has 15 heavy (non-hydrogen) atoms. The molecule has 0 fully saturated rings. The van der Waals surface area contributed by atoms with Crippen molar-refractivity contribution in [3.63, 3.8) is 0 Å². The van der Waals surface area contributed by atoms with E-state index in [1.807, 2.05) is 0 Å². The first-order valence-electron chi connectivity index (χ1n) is 6.18. The summed E-state index contributed by atoms with van der Waals surface area (Å²) < 4.78 is 0. The van der Waals surface area contributed by atoms with Gasteiger partial charge >= 0.3 is 0 Å². The van der Waals surface area contributed by atoms with Crippen LogP contribution in [-0.4, -0.2) is 37.1 Å². The van der Waals surface area contributed by atoms with Gasteiger partial charge in [-0.15, -0.1) is 6.42 Å². The number of hydrogen-bond acceptors (Lipinski definition) is 2. The van der Waals surface area contributed by atoms with E-state index in [-0.39, 0.29) is 0 Å². The Bertz CT molecular complexity index is 172. The molecule has 2 heteroatoms. The van der Waals surface area contributed by atoms with Gasteiger partial charge in [0.25, 0.3) is 0 Å². The average molecular weight is 210 g/mol. The number of hydrogen-bond donors (Lipinski definition) is 1. The summed E-state index contributed by atoms with van der Waals surface area (Å²) in [6.07, 6.45) is 9.03. The van der Waals surface area contributed by atoms with E-state index in [4.69, 9.17) is 6.42 Å². The van der Waals surface area contributed by atoms with Crippen molar-refractivity contribution in [2.24, 2.45) is 0 Å². The Morgan fingerprint density at radius 1 is 1.27 bits per heavy atom. The largest absolute Gasteiger partial charge is 0.315 e. The van der Waals surface area contributed by atoms with Crippen LogP contribution < -0.4 is 5.32 Å². The second-order valence-electron chi connectivity index (χ2n) is 3.91. The molecule has 1 atom stereocenters. The van der Waals surface area contributed by atoms with E-state index >= 15 is 0 Å². The standard InChI is InChI=1S/C13H26N2/c1-5-9-13(12-14-10-6-2)15(8-4)11-7-3/h3,13-14H,5-6,8-12H2,1-2,4H3. The van der Waals surface area contributed by atoms with Gasteiger partial charge < -0.3 is 5.32 Å². The molecule has 0 rings (SSSR count). The summed E-state index contributed by atoms with van der Waals surface area (Å²) in [7, 11) is 0. The lowest BCUT2D eigenvalue weighted by molar-refractivity contribution is 0.213. The fraction of sp³-hybridized carbons (Fsp3) is 0.846.